The van der Waals surface area contributed by atoms with E-state index in [-0.39, 0.29) is 5.15 Å². The molecule has 0 bridgehead atoms. The Hall–Kier alpha value is -1.03. The second-order valence-electron chi connectivity index (χ2n) is 3.27. The van der Waals surface area contributed by atoms with Crippen LogP contribution in [0.25, 0.3) is 0 Å². The van der Waals surface area contributed by atoms with Crippen LogP contribution in [0.1, 0.15) is 5.69 Å². The minimum atomic E-state index is 0.222. The Labute approximate surface area is 114 Å². The lowest BCUT2D eigenvalue weighted by Crippen LogP contribution is -2.03. The molecule has 0 atom stereocenters. The Morgan fingerprint density at radius 2 is 1.94 bits per heavy atom. The molecule has 0 saturated carbocycles. The maximum atomic E-state index is 5.98. The third-order valence-electron chi connectivity index (χ3n) is 2.05. The number of hydrogen-bond acceptors (Lipinski definition) is 3. The molecule has 1 N–H and O–H groups in total. The molecule has 2 heterocycles. The van der Waals surface area contributed by atoms with Crippen molar-refractivity contribution in [3.8, 4) is 0 Å². The van der Waals surface area contributed by atoms with Crippen molar-refractivity contribution in [1.29, 1.82) is 0 Å². The van der Waals surface area contributed by atoms with Crippen LogP contribution in [-0.2, 0) is 6.54 Å². The Balaban J connectivity index is 2.12. The lowest BCUT2D eigenvalue weighted by Gasteiger charge is -2.08. The largest absolute Gasteiger partial charge is 0.363 e. The number of nitrogens with one attached hydrogen (secondary N) is 1. The molecule has 0 aliphatic heterocycles. The van der Waals surface area contributed by atoms with Gasteiger partial charge in [0.2, 0.25) is 0 Å². The number of nitrogens with zero attached hydrogens (tertiary/aromatic N) is 2. The van der Waals surface area contributed by atoms with Crippen LogP contribution < -0.4 is 5.32 Å². The maximum absolute atomic E-state index is 5.98. The number of hydrogen-bond donors (Lipinski definition) is 1. The first-order chi connectivity index (χ1) is 8.16. The lowest BCUT2D eigenvalue weighted by molar-refractivity contribution is 1.03. The summed E-state index contributed by atoms with van der Waals surface area (Å²) >= 11 is 17.6. The van der Waals surface area contributed by atoms with E-state index >= 15 is 0 Å². The number of anilines is 1. The number of halogens is 3. The van der Waals surface area contributed by atoms with Gasteiger partial charge in [0.05, 0.1) is 22.3 Å². The molecule has 0 radical (unpaired) electrons. The van der Waals surface area contributed by atoms with Gasteiger partial charge in [-0.1, -0.05) is 40.9 Å². The molecule has 0 aromatic carbocycles. The van der Waals surface area contributed by atoms with Gasteiger partial charge in [-0.3, -0.25) is 4.98 Å². The SMILES string of the molecule is Clc1cc(Cl)c(NCc2ccccn2)nc1Cl. The van der Waals surface area contributed by atoms with E-state index in [0.29, 0.717) is 22.4 Å². The molecule has 2 aromatic heterocycles. The summed E-state index contributed by atoms with van der Waals surface area (Å²) in [4.78, 5) is 8.22. The van der Waals surface area contributed by atoms with Gasteiger partial charge < -0.3 is 5.32 Å². The van der Waals surface area contributed by atoms with Crippen molar-refractivity contribution >= 4 is 40.6 Å². The van der Waals surface area contributed by atoms with E-state index in [1.807, 2.05) is 18.2 Å². The van der Waals surface area contributed by atoms with Gasteiger partial charge >= 0.3 is 0 Å². The summed E-state index contributed by atoms with van der Waals surface area (Å²) in [5.41, 5.74) is 0.886. The second-order valence-corrected chi connectivity index (χ2v) is 4.44. The molecule has 2 aromatic rings. The fraction of sp³-hybridized carbons (Fsp3) is 0.0909. The molecular weight excluding hydrogens is 281 g/mol. The fourth-order valence-corrected chi connectivity index (χ4v) is 1.81. The number of rotatable bonds is 3. The van der Waals surface area contributed by atoms with Gasteiger partial charge in [-0.25, -0.2) is 4.98 Å². The van der Waals surface area contributed by atoms with E-state index in [1.54, 1.807) is 12.3 Å². The van der Waals surface area contributed by atoms with Gasteiger partial charge in [-0.2, -0.15) is 0 Å². The average Bonchev–Trinajstić information content (AvgIpc) is 2.33. The van der Waals surface area contributed by atoms with E-state index in [0.717, 1.165) is 5.69 Å². The zero-order chi connectivity index (χ0) is 12.3. The summed E-state index contributed by atoms with van der Waals surface area (Å²) in [6.07, 6.45) is 1.72. The smallest absolute Gasteiger partial charge is 0.150 e. The van der Waals surface area contributed by atoms with Crippen molar-refractivity contribution in [1.82, 2.24) is 9.97 Å². The molecule has 0 unspecified atom stereocenters. The van der Waals surface area contributed by atoms with Crippen molar-refractivity contribution in [3.05, 3.63) is 51.4 Å². The molecule has 3 nitrogen and oxygen atoms in total. The zero-order valence-electron chi connectivity index (χ0n) is 8.62. The summed E-state index contributed by atoms with van der Waals surface area (Å²) in [6.45, 7) is 0.519. The standard InChI is InChI=1S/C11H8Cl3N3/c12-8-5-9(13)11(17-10(8)14)16-6-7-3-1-2-4-15-7/h1-5H,6H2,(H,16,17). The fourth-order valence-electron chi connectivity index (χ4n) is 1.25. The van der Waals surface area contributed by atoms with E-state index < -0.39 is 0 Å². The molecule has 17 heavy (non-hydrogen) atoms. The van der Waals surface area contributed by atoms with Crippen molar-refractivity contribution < 1.29 is 0 Å². The van der Waals surface area contributed by atoms with E-state index in [4.69, 9.17) is 34.8 Å². The van der Waals surface area contributed by atoms with Gasteiger partial charge in [0.25, 0.3) is 0 Å². The van der Waals surface area contributed by atoms with Crippen molar-refractivity contribution in [2.75, 3.05) is 5.32 Å². The minimum absolute atomic E-state index is 0.222. The number of pyridine rings is 2. The van der Waals surface area contributed by atoms with Crippen LogP contribution in [0.3, 0.4) is 0 Å². The summed E-state index contributed by atoms with van der Waals surface area (Å²) < 4.78 is 0. The molecule has 0 saturated heterocycles. The first kappa shape index (κ1) is 12.4. The molecule has 2 rings (SSSR count). The molecule has 88 valence electrons. The average molecular weight is 289 g/mol. The minimum Gasteiger partial charge on any atom is -0.363 e. The molecule has 6 heteroatoms. The van der Waals surface area contributed by atoms with E-state index in [9.17, 15) is 0 Å². The Kier molecular flexibility index (Phi) is 4.05. The van der Waals surface area contributed by atoms with Crippen molar-refractivity contribution in [3.63, 3.8) is 0 Å². The Bertz CT molecular complexity index is 517. The summed E-state index contributed by atoms with van der Waals surface area (Å²) in [7, 11) is 0. The predicted octanol–water partition coefficient (Wildman–Crippen LogP) is 4.05. The molecule has 0 aliphatic rings. The predicted molar refractivity (Wildman–Crippen MR) is 70.8 cm³/mol. The third kappa shape index (κ3) is 3.22. The van der Waals surface area contributed by atoms with Gasteiger partial charge in [0.15, 0.2) is 0 Å². The molecule has 0 amide bonds. The first-order valence-corrected chi connectivity index (χ1v) is 5.95. The van der Waals surface area contributed by atoms with E-state index in [2.05, 4.69) is 15.3 Å². The molecular formula is C11H8Cl3N3. The van der Waals surface area contributed by atoms with E-state index in [1.165, 1.54) is 0 Å². The Morgan fingerprint density at radius 1 is 1.12 bits per heavy atom. The van der Waals surface area contributed by atoms with Gasteiger partial charge in [-0.15, -0.1) is 0 Å². The van der Waals surface area contributed by atoms with Crippen molar-refractivity contribution in [2.45, 2.75) is 6.54 Å². The summed E-state index contributed by atoms with van der Waals surface area (Å²) in [5.74, 6) is 0.492. The van der Waals surface area contributed by atoms with Crippen LogP contribution in [-0.4, -0.2) is 9.97 Å². The summed E-state index contributed by atoms with van der Waals surface area (Å²) in [6, 6.07) is 7.22. The highest BCUT2D eigenvalue weighted by Gasteiger charge is 2.07. The van der Waals surface area contributed by atoms with Gasteiger partial charge in [-0.05, 0) is 18.2 Å². The van der Waals surface area contributed by atoms with Crippen LogP contribution >= 0.6 is 34.8 Å². The highest BCUT2D eigenvalue weighted by Crippen LogP contribution is 2.28. The lowest BCUT2D eigenvalue weighted by atomic mass is 10.3. The first-order valence-electron chi connectivity index (χ1n) is 4.82. The van der Waals surface area contributed by atoms with Gasteiger partial charge in [0.1, 0.15) is 11.0 Å². The normalized spacial score (nSPS) is 10.3. The zero-order valence-corrected chi connectivity index (χ0v) is 10.9. The maximum Gasteiger partial charge on any atom is 0.150 e. The van der Waals surface area contributed by atoms with Crippen LogP contribution in [0.2, 0.25) is 15.2 Å². The highest BCUT2D eigenvalue weighted by molar-refractivity contribution is 6.42. The van der Waals surface area contributed by atoms with Gasteiger partial charge in [0, 0.05) is 6.20 Å². The number of aromatic nitrogens is 2. The topological polar surface area (TPSA) is 37.8 Å². The second kappa shape index (κ2) is 5.54. The van der Waals surface area contributed by atoms with Crippen LogP contribution in [0.4, 0.5) is 5.82 Å². The van der Waals surface area contributed by atoms with Crippen LogP contribution in [0.5, 0.6) is 0 Å². The van der Waals surface area contributed by atoms with Crippen LogP contribution in [0.15, 0.2) is 30.5 Å². The third-order valence-corrected chi connectivity index (χ3v) is 3.01. The monoisotopic (exact) mass is 287 g/mol. The highest BCUT2D eigenvalue weighted by atomic mass is 35.5. The molecule has 0 aliphatic carbocycles. The molecule has 0 spiro atoms. The summed E-state index contributed by atoms with van der Waals surface area (Å²) in [5, 5.41) is 4.03. The quantitative estimate of drug-likeness (QED) is 0.866. The molecule has 0 fully saturated rings. The van der Waals surface area contributed by atoms with Crippen LogP contribution in [0, 0.1) is 0 Å². The van der Waals surface area contributed by atoms with Crippen molar-refractivity contribution in [2.24, 2.45) is 0 Å². The Morgan fingerprint density at radius 3 is 2.65 bits per heavy atom.